The second-order valence-corrected chi connectivity index (χ2v) is 5.97. The smallest absolute Gasteiger partial charge is 0.123 e. The molecule has 0 unspecified atom stereocenters. The van der Waals surface area contributed by atoms with Gasteiger partial charge in [0.1, 0.15) is 5.82 Å². The number of pyridine rings is 1. The highest BCUT2D eigenvalue weighted by atomic mass is 35.5. The van der Waals surface area contributed by atoms with Gasteiger partial charge in [-0.25, -0.2) is 4.39 Å². The summed E-state index contributed by atoms with van der Waals surface area (Å²) < 4.78 is 16.1. The highest BCUT2D eigenvalue weighted by molar-refractivity contribution is 5.87. The summed E-state index contributed by atoms with van der Waals surface area (Å²) >= 11 is 0. The lowest BCUT2D eigenvalue weighted by Crippen LogP contribution is -2.17. The first-order valence-corrected chi connectivity index (χ1v) is 7.65. The van der Waals surface area contributed by atoms with E-state index in [-0.39, 0.29) is 30.6 Å². The van der Waals surface area contributed by atoms with Gasteiger partial charge in [-0.3, -0.25) is 4.98 Å². The number of benzene rings is 1. The Balaban J connectivity index is 0.00000104. The predicted octanol–water partition coefficient (Wildman–Crippen LogP) is 4.39. The molecule has 3 heterocycles. The van der Waals surface area contributed by atoms with Crippen LogP contribution in [0.4, 0.5) is 4.39 Å². The van der Waals surface area contributed by atoms with Crippen molar-refractivity contribution in [2.24, 2.45) is 0 Å². The van der Waals surface area contributed by atoms with Crippen LogP contribution in [0.2, 0.25) is 0 Å². The summed E-state index contributed by atoms with van der Waals surface area (Å²) in [6.07, 6.45) is 5.74. The molecule has 3 nitrogen and oxygen atoms in total. The third-order valence-corrected chi connectivity index (χ3v) is 4.45. The maximum absolute atomic E-state index is 13.8. The van der Waals surface area contributed by atoms with Crippen molar-refractivity contribution in [1.29, 1.82) is 0 Å². The molecule has 24 heavy (non-hydrogen) atoms. The lowest BCUT2D eigenvalue weighted by Gasteiger charge is -2.12. The summed E-state index contributed by atoms with van der Waals surface area (Å²) in [5.41, 5.74) is 4.73. The number of rotatable bonds is 1. The third kappa shape index (κ3) is 3.14. The molecule has 0 atom stereocenters. The summed E-state index contributed by atoms with van der Waals surface area (Å²) in [5, 5.41) is 1.03. The molecule has 1 aromatic carbocycles. The van der Waals surface area contributed by atoms with Crippen molar-refractivity contribution < 1.29 is 4.39 Å². The van der Waals surface area contributed by atoms with Crippen molar-refractivity contribution in [2.75, 3.05) is 13.6 Å². The van der Waals surface area contributed by atoms with Crippen LogP contribution in [-0.4, -0.2) is 28.0 Å². The highest BCUT2D eigenvalue weighted by Crippen LogP contribution is 2.33. The van der Waals surface area contributed by atoms with Crippen LogP contribution in [0, 0.1) is 5.82 Å². The maximum atomic E-state index is 13.8. The Morgan fingerprint density at radius 3 is 2.58 bits per heavy atom. The van der Waals surface area contributed by atoms with E-state index in [4.69, 9.17) is 0 Å². The zero-order valence-corrected chi connectivity index (χ0v) is 15.0. The second kappa shape index (κ2) is 7.51. The molecule has 3 aromatic rings. The Hall–Kier alpha value is -1.62. The van der Waals surface area contributed by atoms with Crippen molar-refractivity contribution >= 4 is 35.7 Å². The Morgan fingerprint density at radius 2 is 1.83 bits per heavy atom. The zero-order valence-electron chi connectivity index (χ0n) is 13.4. The van der Waals surface area contributed by atoms with Gasteiger partial charge in [0, 0.05) is 35.7 Å². The third-order valence-electron chi connectivity index (χ3n) is 4.45. The van der Waals surface area contributed by atoms with Crippen LogP contribution >= 0.6 is 24.8 Å². The van der Waals surface area contributed by atoms with Gasteiger partial charge in [0.15, 0.2) is 0 Å². The SMILES string of the molecule is CN1CCCc2c(c3cc(F)ccc3n2-c2ccncc2)C1.Cl.Cl. The summed E-state index contributed by atoms with van der Waals surface area (Å²) in [7, 11) is 2.13. The average Bonchev–Trinajstić information content (AvgIpc) is 2.68. The molecule has 2 aromatic heterocycles. The first-order chi connectivity index (χ1) is 10.7. The average molecular weight is 368 g/mol. The van der Waals surface area contributed by atoms with Gasteiger partial charge in [-0.2, -0.15) is 0 Å². The molecule has 0 saturated heterocycles. The van der Waals surface area contributed by atoms with E-state index in [1.54, 1.807) is 24.5 Å². The van der Waals surface area contributed by atoms with E-state index in [1.807, 2.05) is 18.2 Å². The molecule has 1 aliphatic heterocycles. The molecule has 0 N–H and O–H groups in total. The molecule has 0 bridgehead atoms. The summed E-state index contributed by atoms with van der Waals surface area (Å²) in [6.45, 7) is 1.94. The summed E-state index contributed by atoms with van der Waals surface area (Å²) in [4.78, 5) is 6.42. The van der Waals surface area contributed by atoms with E-state index in [2.05, 4.69) is 21.5 Å². The zero-order chi connectivity index (χ0) is 15.1. The Labute approximate surface area is 153 Å². The molecular weight excluding hydrogens is 348 g/mol. The molecule has 0 aliphatic carbocycles. The number of fused-ring (bicyclic) bond motifs is 3. The number of aromatic nitrogens is 2. The van der Waals surface area contributed by atoms with Gasteiger partial charge in [0.05, 0.1) is 5.52 Å². The topological polar surface area (TPSA) is 21.1 Å². The molecule has 128 valence electrons. The molecule has 0 fully saturated rings. The minimum Gasteiger partial charge on any atom is -0.313 e. The van der Waals surface area contributed by atoms with E-state index in [0.717, 1.165) is 42.5 Å². The summed E-state index contributed by atoms with van der Waals surface area (Å²) in [5.74, 6) is -0.172. The van der Waals surface area contributed by atoms with Gasteiger partial charge in [-0.1, -0.05) is 0 Å². The minimum absolute atomic E-state index is 0. The maximum Gasteiger partial charge on any atom is 0.123 e. The molecule has 0 radical (unpaired) electrons. The van der Waals surface area contributed by atoms with Gasteiger partial charge >= 0.3 is 0 Å². The Bertz CT molecular complexity index is 833. The first-order valence-electron chi connectivity index (χ1n) is 7.65. The van der Waals surface area contributed by atoms with Gasteiger partial charge in [-0.05, 0) is 62.3 Å². The van der Waals surface area contributed by atoms with Crippen molar-refractivity contribution in [1.82, 2.24) is 14.5 Å². The number of nitrogens with zero attached hydrogens (tertiary/aromatic N) is 3. The molecule has 6 heteroatoms. The Kier molecular flexibility index (Phi) is 5.86. The molecule has 4 rings (SSSR count). The van der Waals surface area contributed by atoms with E-state index in [1.165, 1.54) is 11.3 Å². The van der Waals surface area contributed by atoms with Gasteiger partial charge in [0.2, 0.25) is 0 Å². The van der Waals surface area contributed by atoms with Crippen LogP contribution < -0.4 is 0 Å². The molecule has 0 spiro atoms. The van der Waals surface area contributed by atoms with Crippen LogP contribution in [0.15, 0.2) is 42.7 Å². The van der Waals surface area contributed by atoms with Crippen LogP contribution in [-0.2, 0) is 13.0 Å². The largest absolute Gasteiger partial charge is 0.313 e. The normalized spacial score (nSPS) is 14.4. The second-order valence-electron chi connectivity index (χ2n) is 5.97. The number of hydrogen-bond acceptors (Lipinski definition) is 2. The van der Waals surface area contributed by atoms with Crippen molar-refractivity contribution in [3.63, 3.8) is 0 Å². The lowest BCUT2D eigenvalue weighted by atomic mass is 10.1. The van der Waals surface area contributed by atoms with Crippen molar-refractivity contribution in [3.8, 4) is 5.69 Å². The standard InChI is InChI=1S/C18H18FN3.2ClH/c1-21-10-2-3-17-16(12-21)15-11-13(19)4-5-18(15)22(17)14-6-8-20-9-7-14;;/h4-9,11H,2-3,10,12H2,1H3;2*1H. The quantitative estimate of drug-likeness (QED) is 0.635. The van der Waals surface area contributed by atoms with E-state index in [0.29, 0.717) is 0 Å². The van der Waals surface area contributed by atoms with E-state index >= 15 is 0 Å². The Morgan fingerprint density at radius 1 is 1.08 bits per heavy atom. The molecular formula is C18H20Cl2FN3. The van der Waals surface area contributed by atoms with Crippen LogP contribution in [0.1, 0.15) is 17.7 Å². The van der Waals surface area contributed by atoms with Gasteiger partial charge in [-0.15, -0.1) is 24.8 Å². The fraction of sp³-hybridized carbons (Fsp3) is 0.278. The molecule has 0 amide bonds. The number of hydrogen-bond donors (Lipinski definition) is 0. The van der Waals surface area contributed by atoms with Crippen molar-refractivity contribution in [2.45, 2.75) is 19.4 Å². The van der Waals surface area contributed by atoms with Gasteiger partial charge in [0.25, 0.3) is 0 Å². The fourth-order valence-electron chi connectivity index (χ4n) is 3.47. The van der Waals surface area contributed by atoms with Crippen molar-refractivity contribution in [3.05, 3.63) is 59.8 Å². The molecule has 0 saturated carbocycles. The van der Waals surface area contributed by atoms with Crippen LogP contribution in [0.5, 0.6) is 0 Å². The fourth-order valence-corrected chi connectivity index (χ4v) is 3.47. The van der Waals surface area contributed by atoms with Gasteiger partial charge < -0.3 is 9.47 Å². The summed E-state index contributed by atoms with van der Waals surface area (Å²) in [6, 6.07) is 9.13. The molecule has 1 aliphatic rings. The number of halogens is 3. The van der Waals surface area contributed by atoms with E-state index < -0.39 is 0 Å². The predicted molar refractivity (Wildman–Crippen MR) is 100 cm³/mol. The van der Waals surface area contributed by atoms with E-state index in [9.17, 15) is 4.39 Å². The first kappa shape index (κ1) is 18.7. The monoisotopic (exact) mass is 367 g/mol. The van der Waals surface area contributed by atoms with Crippen LogP contribution in [0.3, 0.4) is 0 Å². The minimum atomic E-state index is -0.172. The van der Waals surface area contributed by atoms with Crippen LogP contribution in [0.25, 0.3) is 16.6 Å². The highest BCUT2D eigenvalue weighted by Gasteiger charge is 2.21. The lowest BCUT2D eigenvalue weighted by molar-refractivity contribution is 0.333.